The highest BCUT2D eigenvalue weighted by molar-refractivity contribution is 7.99. The molecule has 0 aliphatic carbocycles. The van der Waals surface area contributed by atoms with Gasteiger partial charge in [0.25, 0.3) is 5.91 Å². The predicted octanol–water partition coefficient (Wildman–Crippen LogP) is 2.96. The standard InChI is InChI=1S/C18H18ClN5OS/c19-15-5-3-14(4-6-15)13-24-17(22-7-1-2-8-22)16(20-21-24)18(25)23-9-11-26-12-10-23/h1-8H,9-13H2. The normalized spacial score (nSPS) is 14.6. The van der Waals surface area contributed by atoms with Gasteiger partial charge in [-0.3, -0.25) is 4.79 Å². The van der Waals surface area contributed by atoms with Crippen molar-refractivity contribution in [1.82, 2.24) is 24.5 Å². The lowest BCUT2D eigenvalue weighted by Crippen LogP contribution is -2.38. The van der Waals surface area contributed by atoms with Gasteiger partial charge < -0.3 is 9.47 Å². The van der Waals surface area contributed by atoms with Crippen LogP contribution >= 0.6 is 23.4 Å². The Bertz CT molecular complexity index is 885. The molecule has 8 heteroatoms. The summed E-state index contributed by atoms with van der Waals surface area (Å²) in [4.78, 5) is 14.9. The first kappa shape index (κ1) is 17.2. The van der Waals surface area contributed by atoms with Crippen LogP contribution in [0.5, 0.6) is 0 Å². The maximum Gasteiger partial charge on any atom is 0.278 e. The van der Waals surface area contributed by atoms with Gasteiger partial charge in [-0.1, -0.05) is 28.9 Å². The zero-order chi connectivity index (χ0) is 17.9. The minimum absolute atomic E-state index is 0.0589. The molecule has 1 aliphatic heterocycles. The third-order valence-corrected chi connectivity index (χ3v) is 5.50. The van der Waals surface area contributed by atoms with Crippen molar-refractivity contribution < 1.29 is 4.79 Å². The molecule has 0 unspecified atom stereocenters. The molecule has 1 aliphatic rings. The number of nitrogens with zero attached hydrogens (tertiary/aromatic N) is 5. The van der Waals surface area contributed by atoms with Crippen LogP contribution in [0.1, 0.15) is 16.1 Å². The number of aromatic nitrogens is 4. The molecule has 0 atom stereocenters. The second-order valence-electron chi connectivity index (χ2n) is 6.04. The summed E-state index contributed by atoms with van der Waals surface area (Å²) in [5.41, 5.74) is 1.43. The van der Waals surface area contributed by atoms with E-state index in [-0.39, 0.29) is 5.91 Å². The molecule has 0 saturated carbocycles. The Balaban J connectivity index is 1.69. The van der Waals surface area contributed by atoms with E-state index in [1.54, 1.807) is 4.68 Å². The minimum Gasteiger partial charge on any atom is -0.335 e. The van der Waals surface area contributed by atoms with E-state index in [2.05, 4.69) is 10.3 Å². The van der Waals surface area contributed by atoms with Gasteiger partial charge in [0.2, 0.25) is 0 Å². The Labute approximate surface area is 160 Å². The summed E-state index contributed by atoms with van der Waals surface area (Å²) in [5.74, 6) is 2.55. The van der Waals surface area contributed by atoms with Gasteiger partial charge in [-0.05, 0) is 29.8 Å². The zero-order valence-corrected chi connectivity index (χ0v) is 15.7. The molecule has 134 valence electrons. The molecule has 0 bridgehead atoms. The van der Waals surface area contributed by atoms with Crippen LogP contribution in [0.15, 0.2) is 48.8 Å². The van der Waals surface area contributed by atoms with E-state index < -0.39 is 0 Å². The Morgan fingerprint density at radius 1 is 1.12 bits per heavy atom. The smallest absolute Gasteiger partial charge is 0.278 e. The number of hydrogen-bond acceptors (Lipinski definition) is 4. The Hall–Kier alpha value is -2.25. The number of halogens is 1. The molecule has 1 amide bonds. The lowest BCUT2D eigenvalue weighted by molar-refractivity contribution is 0.0766. The van der Waals surface area contributed by atoms with E-state index in [9.17, 15) is 4.79 Å². The number of amides is 1. The SMILES string of the molecule is O=C(c1nnn(Cc2ccc(Cl)cc2)c1-n1cccc1)N1CCSCC1. The fourth-order valence-electron chi connectivity index (χ4n) is 2.96. The van der Waals surface area contributed by atoms with Crippen LogP contribution in [0.3, 0.4) is 0 Å². The summed E-state index contributed by atoms with van der Waals surface area (Å²) in [6, 6.07) is 11.4. The molecule has 4 rings (SSSR count). The highest BCUT2D eigenvalue weighted by Crippen LogP contribution is 2.19. The molecule has 3 heterocycles. The highest BCUT2D eigenvalue weighted by Gasteiger charge is 2.26. The van der Waals surface area contributed by atoms with Crippen LogP contribution in [0, 0.1) is 0 Å². The summed E-state index contributed by atoms with van der Waals surface area (Å²) in [5, 5.41) is 9.19. The molecule has 3 aromatic rings. The number of carbonyl (C=O) groups excluding carboxylic acids is 1. The van der Waals surface area contributed by atoms with Crippen LogP contribution in [-0.2, 0) is 6.54 Å². The third kappa shape index (κ3) is 3.50. The fourth-order valence-corrected chi connectivity index (χ4v) is 3.99. The first-order chi connectivity index (χ1) is 12.7. The molecule has 0 radical (unpaired) electrons. The first-order valence-electron chi connectivity index (χ1n) is 8.40. The molecule has 1 saturated heterocycles. The summed E-state index contributed by atoms with van der Waals surface area (Å²) >= 11 is 7.84. The number of thioether (sulfide) groups is 1. The fraction of sp³-hybridized carbons (Fsp3) is 0.278. The van der Waals surface area contributed by atoms with E-state index in [0.29, 0.717) is 23.1 Å². The van der Waals surface area contributed by atoms with Crippen molar-refractivity contribution in [3.8, 4) is 5.82 Å². The predicted molar refractivity (Wildman–Crippen MR) is 103 cm³/mol. The average Bonchev–Trinajstić information content (AvgIpc) is 3.33. The number of carbonyl (C=O) groups is 1. The minimum atomic E-state index is -0.0589. The second kappa shape index (κ2) is 7.55. The van der Waals surface area contributed by atoms with E-state index in [1.807, 2.05) is 70.0 Å². The average molecular weight is 388 g/mol. The van der Waals surface area contributed by atoms with Crippen LogP contribution < -0.4 is 0 Å². The molecular formula is C18H18ClN5OS. The maximum absolute atomic E-state index is 13.0. The molecule has 1 fully saturated rings. The van der Waals surface area contributed by atoms with Gasteiger partial charge in [-0.2, -0.15) is 11.8 Å². The monoisotopic (exact) mass is 387 g/mol. The van der Waals surface area contributed by atoms with E-state index in [4.69, 9.17) is 11.6 Å². The Morgan fingerprint density at radius 3 is 2.50 bits per heavy atom. The summed E-state index contributed by atoms with van der Waals surface area (Å²) in [7, 11) is 0. The van der Waals surface area contributed by atoms with Gasteiger partial charge in [-0.25, -0.2) is 4.68 Å². The van der Waals surface area contributed by atoms with Gasteiger partial charge >= 0.3 is 0 Å². The molecule has 26 heavy (non-hydrogen) atoms. The van der Waals surface area contributed by atoms with Crippen molar-refractivity contribution >= 4 is 29.3 Å². The largest absolute Gasteiger partial charge is 0.335 e. The van der Waals surface area contributed by atoms with Gasteiger partial charge in [0, 0.05) is 42.0 Å². The first-order valence-corrected chi connectivity index (χ1v) is 9.94. The lowest BCUT2D eigenvalue weighted by Gasteiger charge is -2.25. The zero-order valence-electron chi connectivity index (χ0n) is 14.1. The van der Waals surface area contributed by atoms with Crippen molar-refractivity contribution in [2.45, 2.75) is 6.54 Å². The van der Waals surface area contributed by atoms with E-state index in [0.717, 1.165) is 30.2 Å². The molecule has 0 spiro atoms. The molecule has 0 N–H and O–H groups in total. The second-order valence-corrected chi connectivity index (χ2v) is 7.70. The summed E-state index contributed by atoms with van der Waals surface area (Å²) in [6.07, 6.45) is 3.81. The molecular weight excluding hydrogens is 370 g/mol. The van der Waals surface area contributed by atoms with Crippen molar-refractivity contribution in [2.75, 3.05) is 24.6 Å². The topological polar surface area (TPSA) is 56.0 Å². The molecule has 1 aromatic carbocycles. The molecule has 6 nitrogen and oxygen atoms in total. The van der Waals surface area contributed by atoms with Gasteiger partial charge in [-0.15, -0.1) is 5.10 Å². The maximum atomic E-state index is 13.0. The number of hydrogen-bond donors (Lipinski definition) is 0. The highest BCUT2D eigenvalue weighted by atomic mass is 35.5. The van der Waals surface area contributed by atoms with Crippen LogP contribution in [0.4, 0.5) is 0 Å². The van der Waals surface area contributed by atoms with Crippen molar-refractivity contribution in [3.63, 3.8) is 0 Å². The van der Waals surface area contributed by atoms with Crippen molar-refractivity contribution in [1.29, 1.82) is 0 Å². The van der Waals surface area contributed by atoms with Crippen molar-refractivity contribution in [3.05, 3.63) is 65.1 Å². The van der Waals surface area contributed by atoms with Crippen molar-refractivity contribution in [2.24, 2.45) is 0 Å². The van der Waals surface area contributed by atoms with E-state index in [1.165, 1.54) is 0 Å². The van der Waals surface area contributed by atoms with Gasteiger partial charge in [0.15, 0.2) is 11.5 Å². The lowest BCUT2D eigenvalue weighted by atomic mass is 10.2. The van der Waals surface area contributed by atoms with Crippen LogP contribution in [-0.4, -0.2) is 55.0 Å². The van der Waals surface area contributed by atoms with E-state index >= 15 is 0 Å². The number of rotatable bonds is 4. The Morgan fingerprint density at radius 2 is 1.81 bits per heavy atom. The quantitative estimate of drug-likeness (QED) is 0.690. The van der Waals surface area contributed by atoms with Gasteiger partial charge in [0.05, 0.1) is 6.54 Å². The van der Waals surface area contributed by atoms with Gasteiger partial charge in [0.1, 0.15) is 0 Å². The summed E-state index contributed by atoms with van der Waals surface area (Å²) in [6.45, 7) is 2.01. The van der Waals surface area contributed by atoms with Crippen LogP contribution in [0.25, 0.3) is 5.82 Å². The molecule has 2 aromatic heterocycles. The van der Waals surface area contributed by atoms with Crippen LogP contribution in [0.2, 0.25) is 5.02 Å². The third-order valence-electron chi connectivity index (χ3n) is 4.30. The Kier molecular flexibility index (Phi) is 4.99. The number of benzene rings is 1. The summed E-state index contributed by atoms with van der Waals surface area (Å²) < 4.78 is 3.65.